The van der Waals surface area contributed by atoms with Gasteiger partial charge in [0.1, 0.15) is 5.75 Å². The van der Waals surface area contributed by atoms with Crippen molar-refractivity contribution in [3.8, 4) is 5.75 Å². The van der Waals surface area contributed by atoms with Gasteiger partial charge >= 0.3 is 0 Å². The van der Waals surface area contributed by atoms with Crippen LogP contribution in [-0.2, 0) is 29.6 Å². The molecular weight excluding hydrogens is 386 g/mol. The van der Waals surface area contributed by atoms with Crippen molar-refractivity contribution in [1.82, 2.24) is 9.88 Å². The summed E-state index contributed by atoms with van der Waals surface area (Å²) in [7, 11) is 0. The minimum atomic E-state index is -0.293. The fourth-order valence-corrected chi connectivity index (χ4v) is 6.25. The molecule has 1 unspecified atom stereocenters. The van der Waals surface area contributed by atoms with Crippen LogP contribution in [0.3, 0.4) is 0 Å². The third kappa shape index (κ3) is 2.98. The number of benzene rings is 2. The largest absolute Gasteiger partial charge is 0.508 e. The number of phenols is 1. The number of unbranched alkanes of at least 4 members (excludes halogenated alkanes) is 1. The maximum Gasteiger partial charge on any atom is 0.235 e. The zero-order chi connectivity index (χ0) is 21.0. The maximum absolute atomic E-state index is 13.0. The number of carbonyl (C=O) groups excluding carboxylic acids is 1. The number of aromatic amines is 1. The third-order valence-corrected chi connectivity index (χ3v) is 7.73. The van der Waals surface area contributed by atoms with Crippen LogP contribution in [0.1, 0.15) is 54.5 Å². The molecule has 160 valence electrons. The molecule has 1 aliphatic carbocycles. The number of nitrogens with one attached hydrogen (secondary N) is 2. The number of fused-ring (bicyclic) bond motifs is 3. The molecule has 0 saturated heterocycles. The fourth-order valence-electron chi connectivity index (χ4n) is 6.25. The van der Waals surface area contributed by atoms with E-state index in [1.165, 1.54) is 22.4 Å². The SMILES string of the molecule is O=C1Nc2cccc3c2C1(CCCCN1CCc2c([nH]c4ccc(O)cc24)C1)CCC3. The number of rotatable bonds is 5. The lowest BCUT2D eigenvalue weighted by atomic mass is 9.68. The first-order chi connectivity index (χ1) is 15.1. The van der Waals surface area contributed by atoms with Crippen molar-refractivity contribution in [2.45, 2.75) is 56.9 Å². The van der Waals surface area contributed by atoms with Gasteiger partial charge in [0.15, 0.2) is 0 Å². The lowest BCUT2D eigenvalue weighted by Gasteiger charge is -2.33. The van der Waals surface area contributed by atoms with Crippen LogP contribution in [0, 0.1) is 0 Å². The highest BCUT2D eigenvalue weighted by atomic mass is 16.3. The van der Waals surface area contributed by atoms with E-state index < -0.39 is 0 Å². The molecule has 2 aliphatic heterocycles. The summed E-state index contributed by atoms with van der Waals surface area (Å²) in [6.07, 6.45) is 7.34. The van der Waals surface area contributed by atoms with Gasteiger partial charge in [-0.05, 0) is 86.0 Å². The summed E-state index contributed by atoms with van der Waals surface area (Å²) in [5.41, 5.74) is 7.18. The van der Waals surface area contributed by atoms with Gasteiger partial charge in [-0.25, -0.2) is 0 Å². The van der Waals surface area contributed by atoms with Gasteiger partial charge < -0.3 is 15.4 Å². The summed E-state index contributed by atoms with van der Waals surface area (Å²) in [6.45, 7) is 3.05. The van der Waals surface area contributed by atoms with Crippen LogP contribution < -0.4 is 5.32 Å². The van der Waals surface area contributed by atoms with E-state index in [0.29, 0.717) is 5.75 Å². The number of hydrogen-bond acceptors (Lipinski definition) is 3. The Morgan fingerprint density at radius 3 is 3.00 bits per heavy atom. The van der Waals surface area contributed by atoms with Crippen molar-refractivity contribution < 1.29 is 9.90 Å². The molecule has 5 heteroatoms. The molecule has 1 aromatic heterocycles. The Morgan fingerprint density at radius 2 is 2.06 bits per heavy atom. The first-order valence-corrected chi connectivity index (χ1v) is 11.6. The number of aromatic nitrogens is 1. The number of nitrogens with zero attached hydrogens (tertiary/aromatic N) is 1. The Kier molecular flexibility index (Phi) is 4.35. The van der Waals surface area contributed by atoms with Gasteiger partial charge in [-0.2, -0.15) is 0 Å². The number of anilines is 1. The predicted octanol–water partition coefficient (Wildman–Crippen LogP) is 4.63. The Balaban J connectivity index is 1.11. The van der Waals surface area contributed by atoms with Gasteiger partial charge in [-0.3, -0.25) is 9.69 Å². The van der Waals surface area contributed by atoms with Crippen LogP contribution in [0.25, 0.3) is 10.9 Å². The highest BCUT2D eigenvalue weighted by molar-refractivity contribution is 6.07. The van der Waals surface area contributed by atoms with E-state index in [1.807, 2.05) is 12.1 Å². The Labute approximate surface area is 182 Å². The molecule has 0 saturated carbocycles. The van der Waals surface area contributed by atoms with Gasteiger partial charge in [-0.15, -0.1) is 0 Å². The molecule has 0 radical (unpaired) electrons. The van der Waals surface area contributed by atoms with Gasteiger partial charge in [0, 0.05) is 35.4 Å². The summed E-state index contributed by atoms with van der Waals surface area (Å²) in [5.74, 6) is 0.554. The quantitative estimate of drug-likeness (QED) is 0.532. The highest BCUT2D eigenvalue weighted by Crippen LogP contribution is 2.49. The number of phenolic OH excluding ortho intramolecular Hbond substituents is 1. The normalized spacial score (nSPS) is 22.4. The lowest BCUT2D eigenvalue weighted by molar-refractivity contribution is -0.121. The molecule has 31 heavy (non-hydrogen) atoms. The number of carbonyl (C=O) groups is 1. The van der Waals surface area contributed by atoms with Gasteiger partial charge in [0.2, 0.25) is 5.91 Å². The van der Waals surface area contributed by atoms with Crippen molar-refractivity contribution in [2.75, 3.05) is 18.4 Å². The molecule has 0 spiro atoms. The van der Waals surface area contributed by atoms with E-state index in [9.17, 15) is 9.90 Å². The molecule has 3 aromatic rings. The number of H-pyrrole nitrogens is 1. The average molecular weight is 416 g/mol. The molecule has 0 bridgehead atoms. The van der Waals surface area contributed by atoms with Gasteiger partial charge in [0.05, 0.1) is 5.41 Å². The number of aromatic hydroxyl groups is 1. The van der Waals surface area contributed by atoms with Crippen LogP contribution in [0.4, 0.5) is 5.69 Å². The molecule has 1 amide bonds. The molecule has 6 rings (SSSR count). The van der Waals surface area contributed by atoms with Crippen LogP contribution in [-0.4, -0.2) is 34.0 Å². The van der Waals surface area contributed by atoms with Crippen LogP contribution in [0.15, 0.2) is 36.4 Å². The summed E-state index contributed by atoms with van der Waals surface area (Å²) in [5, 5.41) is 14.2. The van der Waals surface area contributed by atoms with E-state index >= 15 is 0 Å². The van der Waals surface area contributed by atoms with E-state index in [2.05, 4.69) is 33.4 Å². The molecule has 5 nitrogen and oxygen atoms in total. The average Bonchev–Trinajstić information content (AvgIpc) is 3.27. The first kappa shape index (κ1) is 18.9. The smallest absolute Gasteiger partial charge is 0.235 e. The summed E-state index contributed by atoms with van der Waals surface area (Å²) >= 11 is 0. The zero-order valence-electron chi connectivity index (χ0n) is 17.8. The van der Waals surface area contributed by atoms with Gasteiger partial charge in [-0.1, -0.05) is 18.6 Å². The fraction of sp³-hybridized carbons (Fsp3) is 0.423. The molecule has 2 aromatic carbocycles. The van der Waals surface area contributed by atoms with Crippen molar-refractivity contribution >= 4 is 22.5 Å². The summed E-state index contributed by atoms with van der Waals surface area (Å²) < 4.78 is 0. The van der Waals surface area contributed by atoms with E-state index in [-0.39, 0.29) is 11.3 Å². The first-order valence-electron chi connectivity index (χ1n) is 11.6. The number of aryl methyl sites for hydroxylation is 1. The van der Waals surface area contributed by atoms with Crippen LogP contribution in [0.2, 0.25) is 0 Å². The summed E-state index contributed by atoms with van der Waals surface area (Å²) in [6, 6.07) is 11.9. The summed E-state index contributed by atoms with van der Waals surface area (Å²) in [4.78, 5) is 19.0. The lowest BCUT2D eigenvalue weighted by Crippen LogP contribution is -2.37. The Bertz CT molecular complexity index is 1180. The minimum absolute atomic E-state index is 0.221. The van der Waals surface area contributed by atoms with Crippen molar-refractivity contribution in [3.63, 3.8) is 0 Å². The molecule has 0 fully saturated rings. The Morgan fingerprint density at radius 1 is 1.13 bits per heavy atom. The second-order valence-electron chi connectivity index (χ2n) is 9.52. The molecular formula is C26H29N3O2. The van der Waals surface area contributed by atoms with Crippen LogP contribution >= 0.6 is 0 Å². The minimum Gasteiger partial charge on any atom is -0.508 e. The molecule has 3 N–H and O–H groups in total. The standard InChI is InChI=1S/C26H29N3O2/c30-18-8-9-21-20(15-18)19-10-14-29(16-23(19)27-21)13-2-1-11-26-12-4-6-17-5-3-7-22(24(17)26)28-25(26)31/h3,5,7-9,15,27,30H,1-2,4,6,10-14,16H2,(H,28,31). The zero-order valence-corrected chi connectivity index (χ0v) is 17.8. The van der Waals surface area contributed by atoms with Gasteiger partial charge in [0.25, 0.3) is 0 Å². The molecule has 1 atom stereocenters. The molecule has 3 heterocycles. The number of amides is 1. The highest BCUT2D eigenvalue weighted by Gasteiger charge is 2.48. The van der Waals surface area contributed by atoms with Crippen molar-refractivity contribution in [2.24, 2.45) is 0 Å². The topological polar surface area (TPSA) is 68.4 Å². The second-order valence-corrected chi connectivity index (χ2v) is 9.52. The van der Waals surface area contributed by atoms with Crippen molar-refractivity contribution in [3.05, 3.63) is 58.8 Å². The second kappa shape index (κ2) is 7.13. The Hall–Kier alpha value is -2.79. The monoisotopic (exact) mass is 415 g/mol. The van der Waals surface area contributed by atoms with Crippen molar-refractivity contribution in [1.29, 1.82) is 0 Å². The van der Waals surface area contributed by atoms with Crippen LogP contribution in [0.5, 0.6) is 5.75 Å². The van der Waals surface area contributed by atoms with E-state index in [0.717, 1.165) is 81.2 Å². The number of hydrogen-bond donors (Lipinski definition) is 3. The van der Waals surface area contributed by atoms with E-state index in [4.69, 9.17) is 0 Å². The molecule has 3 aliphatic rings. The third-order valence-electron chi connectivity index (χ3n) is 7.73. The predicted molar refractivity (Wildman–Crippen MR) is 122 cm³/mol. The maximum atomic E-state index is 13.0. The van der Waals surface area contributed by atoms with E-state index in [1.54, 1.807) is 6.07 Å².